The van der Waals surface area contributed by atoms with E-state index in [1.54, 1.807) is 4.68 Å². The van der Waals surface area contributed by atoms with Crippen LogP contribution in [0, 0.1) is 0 Å². The van der Waals surface area contributed by atoms with Crippen LogP contribution in [-0.4, -0.2) is 26.3 Å². The van der Waals surface area contributed by atoms with Gasteiger partial charge < -0.3 is 10.1 Å². The Morgan fingerprint density at radius 3 is 1.77 bits per heavy atom. The number of aromatic nitrogens is 4. The van der Waals surface area contributed by atoms with E-state index in [9.17, 15) is 4.79 Å². The highest BCUT2D eigenvalue weighted by Crippen LogP contribution is 2.41. The second kappa shape index (κ2) is 10.9. The molecule has 6 heteroatoms. The van der Waals surface area contributed by atoms with Crippen molar-refractivity contribution < 1.29 is 4.79 Å². The fourth-order valence-electron chi connectivity index (χ4n) is 5.55. The van der Waals surface area contributed by atoms with Crippen molar-refractivity contribution in [2.24, 2.45) is 7.05 Å². The van der Waals surface area contributed by atoms with Crippen molar-refractivity contribution in [3.05, 3.63) is 155 Å². The molecule has 0 saturated carbocycles. The summed E-state index contributed by atoms with van der Waals surface area (Å²) in [4.78, 5) is 16.9. The van der Waals surface area contributed by atoms with Crippen LogP contribution in [0.2, 0.25) is 0 Å². The number of nitrogens with one attached hydrogen (secondary N) is 1. The van der Waals surface area contributed by atoms with Gasteiger partial charge in [-0.1, -0.05) is 127 Å². The molecule has 0 bridgehead atoms. The fraction of sp³-hybridized carbons (Fsp3) is 0.118. The van der Waals surface area contributed by atoms with Gasteiger partial charge in [-0.05, 0) is 33.9 Å². The predicted octanol–water partition coefficient (Wildman–Crippen LogP) is 6.49. The standard InChI is InChI=1S/C34H29N5O/c1-39-33-32(37-38-39)30(29(22-23-40)25-14-6-2-7-15-25)24-31(35-33)36-34(26-16-8-3-9-17-26,27-18-10-4-11-19-27)28-20-12-5-13-21-28/h2-21,23-24,29H,22H2,1H3,(H,35,36)/t29-/m1/s1. The van der Waals surface area contributed by atoms with Gasteiger partial charge in [0, 0.05) is 19.4 Å². The van der Waals surface area contributed by atoms with Gasteiger partial charge in [0.15, 0.2) is 5.65 Å². The summed E-state index contributed by atoms with van der Waals surface area (Å²) in [5.74, 6) is 0.470. The number of benzene rings is 4. The van der Waals surface area contributed by atoms with Crippen molar-refractivity contribution in [2.45, 2.75) is 17.9 Å². The molecule has 0 spiro atoms. The predicted molar refractivity (Wildman–Crippen MR) is 158 cm³/mol. The van der Waals surface area contributed by atoms with Crippen molar-refractivity contribution in [2.75, 3.05) is 5.32 Å². The number of anilines is 1. The van der Waals surface area contributed by atoms with E-state index in [-0.39, 0.29) is 5.92 Å². The third kappa shape index (κ3) is 4.54. The van der Waals surface area contributed by atoms with E-state index in [1.807, 2.05) is 61.6 Å². The molecule has 6 aromatic rings. The van der Waals surface area contributed by atoms with Gasteiger partial charge in [-0.25, -0.2) is 9.67 Å². The zero-order valence-corrected chi connectivity index (χ0v) is 22.2. The number of carbonyl (C=O) groups excluding carboxylic acids is 1. The second-order valence-electron chi connectivity index (χ2n) is 9.82. The molecule has 0 aliphatic rings. The first kappa shape index (κ1) is 25.2. The van der Waals surface area contributed by atoms with Crippen LogP contribution in [0.4, 0.5) is 5.82 Å². The number of nitrogens with zero attached hydrogens (tertiary/aromatic N) is 4. The Morgan fingerprint density at radius 1 is 0.775 bits per heavy atom. The Kier molecular flexibility index (Phi) is 6.89. The van der Waals surface area contributed by atoms with Crippen molar-refractivity contribution >= 4 is 23.3 Å². The van der Waals surface area contributed by atoms with Gasteiger partial charge in [0.25, 0.3) is 0 Å². The maximum absolute atomic E-state index is 11.9. The first-order valence-corrected chi connectivity index (χ1v) is 13.3. The summed E-state index contributed by atoms with van der Waals surface area (Å²) < 4.78 is 1.68. The van der Waals surface area contributed by atoms with Crippen LogP contribution in [0.1, 0.15) is 40.2 Å². The Labute approximate surface area is 233 Å². The Balaban J connectivity index is 1.61. The van der Waals surface area contributed by atoms with Crippen LogP contribution >= 0.6 is 0 Å². The van der Waals surface area contributed by atoms with Crippen LogP contribution in [-0.2, 0) is 17.4 Å². The molecule has 0 amide bonds. The van der Waals surface area contributed by atoms with Gasteiger partial charge in [0.1, 0.15) is 23.2 Å². The summed E-state index contributed by atoms with van der Waals surface area (Å²) in [5, 5.41) is 12.6. The second-order valence-corrected chi connectivity index (χ2v) is 9.82. The SMILES string of the molecule is Cn1nnc2c([C@H](CC=O)c3ccccc3)cc(NC(c3ccccc3)(c3ccccc3)c3ccccc3)nc21. The maximum atomic E-state index is 11.9. The lowest BCUT2D eigenvalue weighted by Gasteiger charge is -2.37. The number of hydrogen-bond donors (Lipinski definition) is 1. The number of carbonyl (C=O) groups is 1. The van der Waals surface area contributed by atoms with Gasteiger partial charge in [0.05, 0.1) is 0 Å². The van der Waals surface area contributed by atoms with Crippen molar-refractivity contribution in [1.29, 1.82) is 0 Å². The Hall–Kier alpha value is -5.10. The monoisotopic (exact) mass is 523 g/mol. The third-order valence-corrected chi connectivity index (χ3v) is 7.43. The number of pyridine rings is 1. The molecule has 0 aliphatic carbocycles. The molecule has 0 aliphatic heterocycles. The molecule has 196 valence electrons. The summed E-state index contributed by atoms with van der Waals surface area (Å²) in [7, 11) is 1.84. The molecular weight excluding hydrogens is 494 g/mol. The largest absolute Gasteiger partial charge is 0.353 e. The zero-order valence-electron chi connectivity index (χ0n) is 22.2. The number of aryl methyl sites for hydroxylation is 1. The molecule has 0 unspecified atom stereocenters. The average molecular weight is 524 g/mol. The van der Waals surface area contributed by atoms with Crippen molar-refractivity contribution in [3.63, 3.8) is 0 Å². The summed E-state index contributed by atoms with van der Waals surface area (Å²) in [5.41, 5.74) is 5.76. The number of fused-ring (bicyclic) bond motifs is 1. The van der Waals surface area contributed by atoms with Crippen molar-refractivity contribution in [3.8, 4) is 0 Å². The van der Waals surface area contributed by atoms with Gasteiger partial charge in [-0.3, -0.25) is 0 Å². The van der Waals surface area contributed by atoms with Gasteiger partial charge >= 0.3 is 0 Å². The summed E-state index contributed by atoms with van der Waals surface area (Å²) in [6.07, 6.45) is 1.29. The molecule has 40 heavy (non-hydrogen) atoms. The molecule has 0 radical (unpaired) electrons. The van der Waals surface area contributed by atoms with Crippen LogP contribution in [0.5, 0.6) is 0 Å². The first-order valence-electron chi connectivity index (χ1n) is 13.3. The maximum Gasteiger partial charge on any atom is 0.180 e. The zero-order chi connectivity index (χ0) is 27.4. The van der Waals surface area contributed by atoms with Crippen LogP contribution in [0.15, 0.2) is 127 Å². The number of hydrogen-bond acceptors (Lipinski definition) is 5. The molecule has 1 N–H and O–H groups in total. The average Bonchev–Trinajstić information content (AvgIpc) is 3.40. The Morgan fingerprint density at radius 2 is 1.27 bits per heavy atom. The van der Waals surface area contributed by atoms with E-state index in [2.05, 4.69) is 88.4 Å². The van der Waals surface area contributed by atoms with E-state index in [0.717, 1.165) is 34.1 Å². The highest BCUT2D eigenvalue weighted by molar-refractivity contribution is 5.79. The fourth-order valence-corrected chi connectivity index (χ4v) is 5.55. The van der Waals surface area contributed by atoms with Gasteiger partial charge in [-0.2, -0.15) is 0 Å². The lowest BCUT2D eigenvalue weighted by molar-refractivity contribution is -0.108. The molecular formula is C34H29N5O. The molecule has 0 saturated heterocycles. The van der Waals surface area contributed by atoms with Gasteiger partial charge in [-0.15, -0.1) is 5.10 Å². The van der Waals surface area contributed by atoms with Crippen LogP contribution in [0.3, 0.4) is 0 Å². The summed E-state index contributed by atoms with van der Waals surface area (Å²) >= 11 is 0. The highest BCUT2D eigenvalue weighted by atomic mass is 16.1. The van der Waals surface area contributed by atoms with E-state index >= 15 is 0 Å². The lowest BCUT2D eigenvalue weighted by Crippen LogP contribution is -2.38. The Bertz CT molecular complexity index is 1620. The summed E-state index contributed by atoms with van der Waals surface area (Å²) in [6.45, 7) is 0. The molecule has 2 heterocycles. The normalized spacial score (nSPS) is 12.2. The molecule has 2 aromatic heterocycles. The minimum absolute atomic E-state index is 0.193. The minimum atomic E-state index is -0.749. The highest BCUT2D eigenvalue weighted by Gasteiger charge is 2.37. The van der Waals surface area contributed by atoms with Crippen LogP contribution in [0.25, 0.3) is 11.2 Å². The molecule has 0 fully saturated rings. The minimum Gasteiger partial charge on any atom is -0.353 e. The lowest BCUT2D eigenvalue weighted by atomic mass is 9.77. The molecule has 4 aromatic carbocycles. The van der Waals surface area contributed by atoms with Crippen LogP contribution < -0.4 is 5.32 Å². The quantitative estimate of drug-likeness (QED) is 0.173. The molecule has 1 atom stereocenters. The molecule has 6 rings (SSSR count). The van der Waals surface area contributed by atoms with Crippen molar-refractivity contribution in [1.82, 2.24) is 20.0 Å². The first-order chi connectivity index (χ1) is 19.7. The molecule has 6 nitrogen and oxygen atoms in total. The van der Waals surface area contributed by atoms with E-state index in [4.69, 9.17) is 4.98 Å². The summed E-state index contributed by atoms with van der Waals surface area (Å²) in [6, 6.07) is 43.3. The number of rotatable bonds is 9. The topological polar surface area (TPSA) is 72.7 Å². The smallest absolute Gasteiger partial charge is 0.180 e. The van der Waals surface area contributed by atoms with E-state index in [1.165, 1.54) is 0 Å². The third-order valence-electron chi connectivity index (χ3n) is 7.43. The number of aldehydes is 1. The van der Waals surface area contributed by atoms with E-state index in [0.29, 0.717) is 23.4 Å². The van der Waals surface area contributed by atoms with Gasteiger partial charge in [0.2, 0.25) is 0 Å². The van der Waals surface area contributed by atoms with E-state index < -0.39 is 5.54 Å².